The minimum Gasteiger partial charge on any atom is -0.481 e. The molecule has 1 aromatic rings. The van der Waals surface area contributed by atoms with Crippen LogP contribution in [0.4, 0.5) is 0 Å². The minimum atomic E-state index is -0.702. The topological polar surface area (TPSA) is 69.6 Å². The van der Waals surface area contributed by atoms with Crippen molar-refractivity contribution in [1.29, 1.82) is 0 Å². The van der Waals surface area contributed by atoms with E-state index in [4.69, 9.17) is 5.11 Å². The highest BCUT2D eigenvalue weighted by atomic mass is 16.4. The number of benzene rings is 1. The van der Waals surface area contributed by atoms with E-state index in [1.807, 2.05) is 30.3 Å². The quantitative estimate of drug-likeness (QED) is 0.759. The van der Waals surface area contributed by atoms with Gasteiger partial charge in [0.25, 0.3) is 0 Å². The lowest BCUT2D eigenvalue weighted by molar-refractivity contribution is -0.143. The van der Waals surface area contributed by atoms with Gasteiger partial charge >= 0.3 is 5.97 Å². The number of carbonyl (C=O) groups is 1. The van der Waals surface area contributed by atoms with Gasteiger partial charge < -0.3 is 15.5 Å². The third kappa shape index (κ3) is 3.78. The molecule has 1 saturated carbocycles. The lowest BCUT2D eigenvalue weighted by atomic mass is 9.85. The highest BCUT2D eigenvalue weighted by Gasteiger charge is 2.28. The smallest absolute Gasteiger partial charge is 0.306 e. The standard InChI is InChI=1S/C15H21NO3/c17-10-14(11-5-2-1-3-6-11)16-13-8-4-7-12(9-13)15(18)19/h1-3,5-6,12-14,16-17H,4,7-10H2,(H,18,19)/t12?,13?,14-/m1/s1. The van der Waals surface area contributed by atoms with Crippen molar-refractivity contribution in [1.82, 2.24) is 5.32 Å². The van der Waals surface area contributed by atoms with Crippen LogP contribution in [-0.2, 0) is 4.79 Å². The molecular weight excluding hydrogens is 242 g/mol. The summed E-state index contributed by atoms with van der Waals surface area (Å²) >= 11 is 0. The first-order valence-corrected chi connectivity index (χ1v) is 6.85. The molecule has 1 aliphatic carbocycles. The van der Waals surface area contributed by atoms with E-state index in [0.717, 1.165) is 24.8 Å². The summed E-state index contributed by atoms with van der Waals surface area (Å²) in [5.41, 5.74) is 1.04. The second-order valence-electron chi connectivity index (χ2n) is 5.21. The maximum Gasteiger partial charge on any atom is 0.306 e. The molecule has 0 aliphatic heterocycles. The normalized spacial score (nSPS) is 24.9. The average Bonchev–Trinajstić information content (AvgIpc) is 2.46. The van der Waals surface area contributed by atoms with E-state index in [-0.39, 0.29) is 24.6 Å². The summed E-state index contributed by atoms with van der Waals surface area (Å²) in [6.07, 6.45) is 3.33. The van der Waals surface area contributed by atoms with Gasteiger partial charge in [0.2, 0.25) is 0 Å². The first-order chi connectivity index (χ1) is 9.20. The van der Waals surface area contributed by atoms with E-state index in [1.54, 1.807) is 0 Å². The fourth-order valence-electron chi connectivity index (χ4n) is 2.79. The predicted molar refractivity (Wildman–Crippen MR) is 72.8 cm³/mol. The molecule has 4 heteroatoms. The zero-order chi connectivity index (χ0) is 13.7. The summed E-state index contributed by atoms with van der Waals surface area (Å²) in [7, 11) is 0. The van der Waals surface area contributed by atoms with Crippen LogP contribution in [-0.4, -0.2) is 28.8 Å². The Hall–Kier alpha value is -1.39. The van der Waals surface area contributed by atoms with Crippen molar-refractivity contribution in [2.75, 3.05) is 6.61 Å². The maximum atomic E-state index is 11.0. The Morgan fingerprint density at radius 3 is 2.68 bits per heavy atom. The van der Waals surface area contributed by atoms with Gasteiger partial charge in [0, 0.05) is 6.04 Å². The summed E-state index contributed by atoms with van der Waals surface area (Å²) in [4.78, 5) is 11.0. The molecule has 1 aliphatic rings. The van der Waals surface area contributed by atoms with Crippen LogP contribution < -0.4 is 5.32 Å². The van der Waals surface area contributed by atoms with Crippen LogP contribution >= 0.6 is 0 Å². The fraction of sp³-hybridized carbons (Fsp3) is 0.533. The number of carboxylic acids is 1. The molecule has 1 fully saturated rings. The van der Waals surface area contributed by atoms with Crippen LogP contribution in [0.5, 0.6) is 0 Å². The van der Waals surface area contributed by atoms with E-state index in [1.165, 1.54) is 0 Å². The van der Waals surface area contributed by atoms with Gasteiger partial charge in [-0.2, -0.15) is 0 Å². The highest BCUT2D eigenvalue weighted by Crippen LogP contribution is 2.26. The number of nitrogens with one attached hydrogen (secondary N) is 1. The molecule has 104 valence electrons. The van der Waals surface area contributed by atoms with Crippen LogP contribution in [0.1, 0.15) is 37.3 Å². The van der Waals surface area contributed by atoms with Gasteiger partial charge in [0.05, 0.1) is 18.6 Å². The molecule has 0 saturated heterocycles. The predicted octanol–water partition coefficient (Wildman–Crippen LogP) is 1.95. The molecule has 0 bridgehead atoms. The van der Waals surface area contributed by atoms with Gasteiger partial charge in [0.15, 0.2) is 0 Å². The maximum absolute atomic E-state index is 11.0. The minimum absolute atomic E-state index is 0.0260. The van der Waals surface area contributed by atoms with Crippen molar-refractivity contribution < 1.29 is 15.0 Å². The Bertz CT molecular complexity index is 407. The van der Waals surface area contributed by atoms with Crippen LogP contribution in [0, 0.1) is 5.92 Å². The summed E-state index contributed by atoms with van der Waals surface area (Å²) < 4.78 is 0. The number of aliphatic hydroxyl groups excluding tert-OH is 1. The third-order valence-electron chi connectivity index (χ3n) is 3.84. The number of aliphatic carboxylic acids is 1. The van der Waals surface area contributed by atoms with Crippen LogP contribution in [0.3, 0.4) is 0 Å². The van der Waals surface area contributed by atoms with Gasteiger partial charge in [-0.25, -0.2) is 0 Å². The molecule has 2 unspecified atom stereocenters. The van der Waals surface area contributed by atoms with Crippen molar-refractivity contribution in [2.45, 2.75) is 37.8 Å². The van der Waals surface area contributed by atoms with Gasteiger partial charge in [-0.1, -0.05) is 36.8 Å². The largest absolute Gasteiger partial charge is 0.481 e. The van der Waals surface area contributed by atoms with Crippen LogP contribution in [0.2, 0.25) is 0 Å². The zero-order valence-electron chi connectivity index (χ0n) is 11.0. The van der Waals surface area contributed by atoms with Crippen molar-refractivity contribution in [2.24, 2.45) is 5.92 Å². The molecule has 4 nitrogen and oxygen atoms in total. The summed E-state index contributed by atoms with van der Waals surface area (Å²) in [5.74, 6) is -0.951. The molecule has 0 radical (unpaired) electrons. The Balaban J connectivity index is 1.97. The molecular formula is C15H21NO3. The number of carboxylic acid groups (broad SMARTS) is 1. The molecule has 19 heavy (non-hydrogen) atoms. The van der Waals surface area contributed by atoms with E-state index in [0.29, 0.717) is 6.42 Å². The van der Waals surface area contributed by atoms with Crippen molar-refractivity contribution in [3.05, 3.63) is 35.9 Å². The second-order valence-corrected chi connectivity index (χ2v) is 5.21. The van der Waals surface area contributed by atoms with Crippen LogP contribution in [0.15, 0.2) is 30.3 Å². The number of hydrogen-bond acceptors (Lipinski definition) is 3. The monoisotopic (exact) mass is 263 g/mol. The number of rotatable bonds is 5. The molecule has 1 aromatic carbocycles. The highest BCUT2D eigenvalue weighted by molar-refractivity contribution is 5.70. The average molecular weight is 263 g/mol. The Kier molecular flexibility index (Phi) is 4.93. The van der Waals surface area contributed by atoms with Crippen molar-refractivity contribution in [3.8, 4) is 0 Å². The number of hydrogen-bond donors (Lipinski definition) is 3. The van der Waals surface area contributed by atoms with Gasteiger partial charge in [-0.3, -0.25) is 4.79 Å². The molecule has 3 atom stereocenters. The van der Waals surface area contributed by atoms with Gasteiger partial charge in [-0.15, -0.1) is 0 Å². The SMILES string of the molecule is O=C(O)C1CCCC(N[C@H](CO)c2ccccc2)C1. The first-order valence-electron chi connectivity index (χ1n) is 6.85. The third-order valence-corrected chi connectivity index (χ3v) is 3.84. The molecule has 3 N–H and O–H groups in total. The first kappa shape index (κ1) is 14.0. The van der Waals surface area contributed by atoms with Crippen molar-refractivity contribution >= 4 is 5.97 Å². The van der Waals surface area contributed by atoms with Gasteiger partial charge in [-0.05, 0) is 24.8 Å². The molecule has 0 spiro atoms. The molecule has 0 aromatic heterocycles. The summed E-state index contributed by atoms with van der Waals surface area (Å²) in [6, 6.07) is 9.85. The lowest BCUT2D eigenvalue weighted by Crippen LogP contribution is -2.39. The number of aliphatic hydroxyl groups is 1. The van der Waals surface area contributed by atoms with E-state index in [2.05, 4.69) is 5.32 Å². The zero-order valence-corrected chi connectivity index (χ0v) is 11.0. The Morgan fingerprint density at radius 1 is 1.32 bits per heavy atom. The Morgan fingerprint density at radius 2 is 2.05 bits per heavy atom. The summed E-state index contributed by atoms with van der Waals surface area (Å²) in [5, 5.41) is 22.0. The van der Waals surface area contributed by atoms with E-state index in [9.17, 15) is 9.90 Å². The molecule has 2 rings (SSSR count). The molecule has 0 amide bonds. The van der Waals surface area contributed by atoms with Crippen molar-refractivity contribution in [3.63, 3.8) is 0 Å². The van der Waals surface area contributed by atoms with Crippen LogP contribution in [0.25, 0.3) is 0 Å². The van der Waals surface area contributed by atoms with Gasteiger partial charge in [0.1, 0.15) is 0 Å². The Labute approximate surface area is 113 Å². The van der Waals surface area contributed by atoms with E-state index < -0.39 is 5.97 Å². The second kappa shape index (κ2) is 6.68. The lowest BCUT2D eigenvalue weighted by Gasteiger charge is -2.30. The molecule has 0 heterocycles. The summed E-state index contributed by atoms with van der Waals surface area (Å²) in [6.45, 7) is 0.0260. The van der Waals surface area contributed by atoms with E-state index >= 15 is 0 Å². The fourth-order valence-corrected chi connectivity index (χ4v) is 2.79.